The Bertz CT molecular complexity index is 224. The number of aliphatic hydroxyl groups is 1. The topological polar surface area (TPSA) is 72.9 Å². The Kier molecular flexibility index (Phi) is 31.5. The van der Waals surface area contributed by atoms with Crippen molar-refractivity contribution in [2.45, 2.75) is 7.43 Å². The van der Waals surface area contributed by atoms with Crippen LogP contribution in [0.3, 0.4) is 0 Å². The predicted octanol–water partition coefficient (Wildman–Crippen LogP) is 0.437. The molecular weight excluding hydrogens is 340 g/mol. The number of nitrogens with zero attached hydrogens (tertiary/aromatic N) is 2. The van der Waals surface area contributed by atoms with Gasteiger partial charge in [-0.15, -0.1) is 0 Å². The third-order valence-corrected chi connectivity index (χ3v) is 3.13. The molecule has 0 unspecified atom stereocenters. The summed E-state index contributed by atoms with van der Waals surface area (Å²) in [7, 11) is 9.12. The van der Waals surface area contributed by atoms with Gasteiger partial charge in [0.2, 0.25) is 0 Å². The Morgan fingerprint density at radius 1 is 0.885 bits per heavy atom. The molecule has 1 aliphatic rings. The van der Waals surface area contributed by atoms with E-state index in [1.165, 1.54) is 0 Å². The summed E-state index contributed by atoms with van der Waals surface area (Å²) in [6.45, 7) is 9.24. The van der Waals surface area contributed by atoms with E-state index in [1.807, 2.05) is 14.1 Å². The highest BCUT2D eigenvalue weighted by molar-refractivity contribution is 4.60. The van der Waals surface area contributed by atoms with Gasteiger partial charge in [-0.25, -0.2) is 0 Å². The van der Waals surface area contributed by atoms with E-state index in [0.29, 0.717) is 19.8 Å². The quantitative estimate of drug-likeness (QED) is 0.515. The average Bonchev–Trinajstić information content (AvgIpc) is 2.64. The molecule has 0 spiro atoms. The van der Waals surface area contributed by atoms with Crippen molar-refractivity contribution < 1.29 is 28.8 Å². The van der Waals surface area contributed by atoms with Crippen molar-refractivity contribution in [3.05, 3.63) is 0 Å². The number of ether oxygens (including phenoxy) is 5. The molecule has 1 N–H and O–H groups in total. The van der Waals surface area contributed by atoms with E-state index in [9.17, 15) is 0 Å². The first-order valence-electron chi connectivity index (χ1n) is 8.72. The summed E-state index contributed by atoms with van der Waals surface area (Å²) < 4.78 is 24.5. The van der Waals surface area contributed by atoms with E-state index < -0.39 is 0 Å². The highest BCUT2D eigenvalue weighted by Gasteiger charge is 2.08. The monoisotopic (exact) mass is 384 g/mol. The number of likely N-dealkylation sites (N-methyl/N-ethyl adjacent to an activating group) is 1. The van der Waals surface area contributed by atoms with Crippen molar-refractivity contribution in [2.75, 3.05) is 114 Å². The second-order valence-corrected chi connectivity index (χ2v) is 5.57. The molecule has 8 heteroatoms. The summed E-state index contributed by atoms with van der Waals surface area (Å²) in [4.78, 5) is 4.44. The van der Waals surface area contributed by atoms with Crippen LogP contribution in [0, 0.1) is 0 Å². The molecule has 0 amide bonds. The lowest BCUT2D eigenvalue weighted by Crippen LogP contribution is -2.38. The van der Waals surface area contributed by atoms with Crippen LogP contribution in [0.2, 0.25) is 0 Å². The maximum absolute atomic E-state index is 8.20. The molecule has 8 nitrogen and oxygen atoms in total. The molecule has 0 aromatic rings. The maximum atomic E-state index is 8.20. The van der Waals surface area contributed by atoms with E-state index in [-0.39, 0.29) is 14.0 Å². The zero-order valence-corrected chi connectivity index (χ0v) is 16.9. The number of rotatable bonds is 11. The van der Waals surface area contributed by atoms with E-state index in [1.54, 1.807) is 21.3 Å². The molecule has 0 aromatic carbocycles. The fourth-order valence-corrected chi connectivity index (χ4v) is 1.63. The highest BCUT2D eigenvalue weighted by atomic mass is 16.5. The smallest absolute Gasteiger partial charge is 0.0701 e. The first kappa shape index (κ1) is 30.4. The number of hydrogen-bond acceptors (Lipinski definition) is 8. The number of methoxy groups -OCH3 is 3. The molecule has 1 heterocycles. The van der Waals surface area contributed by atoms with Crippen molar-refractivity contribution >= 4 is 0 Å². The zero-order chi connectivity index (χ0) is 19.2. The van der Waals surface area contributed by atoms with Crippen molar-refractivity contribution in [1.29, 1.82) is 0 Å². The lowest BCUT2D eigenvalue weighted by molar-refractivity contribution is 0.0263. The summed E-state index contributed by atoms with van der Waals surface area (Å²) in [5, 5.41) is 8.20. The third kappa shape index (κ3) is 28.5. The maximum Gasteiger partial charge on any atom is 0.0701 e. The van der Waals surface area contributed by atoms with Crippen LogP contribution in [-0.2, 0) is 23.7 Å². The highest BCUT2D eigenvalue weighted by Crippen LogP contribution is 1.94. The minimum absolute atomic E-state index is 0. The average molecular weight is 385 g/mol. The van der Waals surface area contributed by atoms with Crippen LogP contribution in [0.5, 0.6) is 0 Å². The SMILES string of the molecule is C.COCCN(C)C.COCCN1CCOCC1.COCCOCCO. The Balaban J connectivity index is -0.000000306. The van der Waals surface area contributed by atoms with Gasteiger partial charge in [0.05, 0.1) is 52.9 Å². The van der Waals surface area contributed by atoms with Crippen LogP contribution in [0.1, 0.15) is 7.43 Å². The molecule has 162 valence electrons. The van der Waals surface area contributed by atoms with Gasteiger partial charge in [0.25, 0.3) is 0 Å². The van der Waals surface area contributed by atoms with Gasteiger partial charge in [-0.3, -0.25) is 4.90 Å². The van der Waals surface area contributed by atoms with E-state index in [4.69, 9.17) is 24.1 Å². The lowest BCUT2D eigenvalue weighted by atomic mass is 10.4. The summed E-state index contributed by atoms with van der Waals surface area (Å²) in [6.07, 6.45) is 0. The van der Waals surface area contributed by atoms with Gasteiger partial charge in [0.1, 0.15) is 0 Å². The third-order valence-electron chi connectivity index (χ3n) is 3.13. The second-order valence-electron chi connectivity index (χ2n) is 5.57. The zero-order valence-electron chi connectivity index (χ0n) is 16.9. The fraction of sp³-hybridized carbons (Fsp3) is 1.00. The molecule has 0 radical (unpaired) electrons. The lowest BCUT2D eigenvalue weighted by Gasteiger charge is -2.25. The summed E-state index contributed by atoms with van der Waals surface area (Å²) in [6, 6.07) is 0. The number of hydrogen-bond donors (Lipinski definition) is 1. The molecule has 0 aromatic heterocycles. The summed E-state index contributed by atoms with van der Waals surface area (Å²) in [5.41, 5.74) is 0. The van der Waals surface area contributed by atoms with Crippen LogP contribution in [0.15, 0.2) is 0 Å². The first-order chi connectivity index (χ1) is 12.1. The molecule has 26 heavy (non-hydrogen) atoms. The summed E-state index contributed by atoms with van der Waals surface area (Å²) >= 11 is 0. The Hall–Kier alpha value is -0.320. The fourth-order valence-electron chi connectivity index (χ4n) is 1.63. The first-order valence-corrected chi connectivity index (χ1v) is 8.72. The van der Waals surface area contributed by atoms with Crippen molar-refractivity contribution in [2.24, 2.45) is 0 Å². The van der Waals surface area contributed by atoms with Crippen molar-refractivity contribution in [1.82, 2.24) is 9.80 Å². The van der Waals surface area contributed by atoms with Gasteiger partial charge in [0, 0.05) is 47.5 Å². The van der Waals surface area contributed by atoms with Crippen LogP contribution in [-0.4, -0.2) is 129 Å². The molecule has 1 aliphatic heterocycles. The van der Waals surface area contributed by atoms with Crippen LogP contribution in [0.4, 0.5) is 0 Å². The van der Waals surface area contributed by atoms with Crippen LogP contribution < -0.4 is 0 Å². The largest absolute Gasteiger partial charge is 0.394 e. The van der Waals surface area contributed by atoms with Gasteiger partial charge in [0.15, 0.2) is 0 Å². The minimum atomic E-state index is 0. The molecule has 1 rings (SSSR count). The second kappa shape index (κ2) is 26.9. The van der Waals surface area contributed by atoms with Gasteiger partial charge in [-0.05, 0) is 14.1 Å². The predicted molar refractivity (Wildman–Crippen MR) is 106 cm³/mol. The number of morpholine rings is 1. The molecular formula is C18H44N2O6. The van der Waals surface area contributed by atoms with E-state index in [2.05, 4.69) is 14.5 Å². The van der Waals surface area contributed by atoms with Gasteiger partial charge < -0.3 is 33.7 Å². The van der Waals surface area contributed by atoms with Crippen LogP contribution in [0.25, 0.3) is 0 Å². The van der Waals surface area contributed by atoms with Gasteiger partial charge in [-0.2, -0.15) is 0 Å². The molecule has 1 fully saturated rings. The normalized spacial score (nSPS) is 14.0. The van der Waals surface area contributed by atoms with E-state index in [0.717, 1.165) is 52.6 Å². The molecule has 1 saturated heterocycles. The van der Waals surface area contributed by atoms with Gasteiger partial charge in [-0.1, -0.05) is 7.43 Å². The summed E-state index contributed by atoms with van der Waals surface area (Å²) in [5.74, 6) is 0. The van der Waals surface area contributed by atoms with Gasteiger partial charge >= 0.3 is 0 Å². The molecule has 0 aliphatic carbocycles. The van der Waals surface area contributed by atoms with E-state index >= 15 is 0 Å². The van der Waals surface area contributed by atoms with Crippen molar-refractivity contribution in [3.63, 3.8) is 0 Å². The number of aliphatic hydroxyl groups excluding tert-OH is 1. The molecule has 0 atom stereocenters. The van der Waals surface area contributed by atoms with Crippen molar-refractivity contribution in [3.8, 4) is 0 Å². The Morgan fingerprint density at radius 3 is 1.88 bits per heavy atom. The Labute approximate surface area is 161 Å². The minimum Gasteiger partial charge on any atom is -0.394 e. The standard InChI is InChI=1S/C7H15NO2.C5H13NO.C5H12O3.CH4/c1-9-5-2-8-3-6-10-7-4-8;1-6(2)4-5-7-3;1-7-4-5-8-3-2-6;/h2-7H2,1H3;4-5H2,1-3H3;6H,2-5H2,1H3;1H4. The molecule has 0 bridgehead atoms. The molecule has 0 saturated carbocycles. The van der Waals surface area contributed by atoms with Crippen LogP contribution >= 0.6 is 0 Å². The Morgan fingerprint density at radius 2 is 1.46 bits per heavy atom.